The van der Waals surface area contributed by atoms with Crippen molar-refractivity contribution in [2.45, 2.75) is 32.1 Å². The molecule has 24 heavy (non-hydrogen) atoms. The summed E-state index contributed by atoms with van der Waals surface area (Å²) in [6.45, 7) is 2.12. The number of aromatic nitrogens is 2. The van der Waals surface area contributed by atoms with Crippen LogP contribution in [-0.4, -0.2) is 15.2 Å². The van der Waals surface area contributed by atoms with Crippen molar-refractivity contribution in [3.05, 3.63) is 75.1 Å². The van der Waals surface area contributed by atoms with E-state index in [1.54, 1.807) is 10.5 Å². The highest BCUT2D eigenvalue weighted by molar-refractivity contribution is 6.12. The van der Waals surface area contributed by atoms with Crippen LogP contribution < -0.4 is 5.56 Å². The van der Waals surface area contributed by atoms with Crippen LogP contribution in [0, 0.1) is 5.82 Å². The van der Waals surface area contributed by atoms with E-state index in [4.69, 9.17) is 0 Å². The first-order valence-corrected chi connectivity index (χ1v) is 8.13. The molecule has 1 atom stereocenters. The Kier molecular flexibility index (Phi) is 3.37. The van der Waals surface area contributed by atoms with E-state index >= 15 is 0 Å². The first kappa shape index (κ1) is 14.9. The van der Waals surface area contributed by atoms with Crippen LogP contribution in [0.1, 0.15) is 53.0 Å². The van der Waals surface area contributed by atoms with Crippen LogP contribution in [0.5, 0.6) is 0 Å². The first-order chi connectivity index (χ1) is 11.6. The van der Waals surface area contributed by atoms with E-state index in [9.17, 15) is 14.0 Å². The Hall–Kier alpha value is -2.69. The van der Waals surface area contributed by atoms with Crippen molar-refractivity contribution in [2.75, 3.05) is 0 Å². The molecule has 5 heteroatoms. The van der Waals surface area contributed by atoms with E-state index < -0.39 is 0 Å². The lowest BCUT2D eigenvalue weighted by molar-refractivity contribution is 0.103. The number of carbonyl (C=O) groups excluding carboxylic acids is 1. The third kappa shape index (κ3) is 2.19. The minimum Gasteiger partial charge on any atom is -0.342 e. The van der Waals surface area contributed by atoms with Crippen molar-refractivity contribution in [3.8, 4) is 0 Å². The number of carbonyl (C=O) groups is 1. The van der Waals surface area contributed by atoms with E-state index in [0.29, 0.717) is 22.7 Å². The molecule has 1 aliphatic carbocycles. The average molecular weight is 324 g/mol. The standard InChI is InChI=1S/C19H17FN2O2/c1-11-3-2-4-15-17(11)21-19-14(9-10-16(23)22(15)19)18(24)12-5-7-13(20)8-6-12/h5-11,21H,2-4H2,1H3. The van der Waals surface area contributed by atoms with Crippen LogP contribution in [0.15, 0.2) is 41.2 Å². The van der Waals surface area contributed by atoms with Crippen molar-refractivity contribution in [3.63, 3.8) is 0 Å². The molecule has 1 aromatic carbocycles. The fraction of sp³-hybridized carbons (Fsp3) is 0.263. The van der Waals surface area contributed by atoms with Crippen molar-refractivity contribution in [2.24, 2.45) is 0 Å². The number of hydrogen-bond donors (Lipinski definition) is 1. The summed E-state index contributed by atoms with van der Waals surface area (Å²) in [6.07, 6.45) is 2.92. The number of H-pyrrole nitrogens is 1. The van der Waals surface area contributed by atoms with Gasteiger partial charge in [0.2, 0.25) is 0 Å². The lowest BCUT2D eigenvalue weighted by Crippen LogP contribution is -2.18. The lowest BCUT2D eigenvalue weighted by Gasteiger charge is -2.17. The molecule has 0 fully saturated rings. The fourth-order valence-corrected chi connectivity index (χ4v) is 3.56. The van der Waals surface area contributed by atoms with Crippen molar-refractivity contribution < 1.29 is 9.18 Å². The maximum atomic E-state index is 13.1. The molecule has 4 nitrogen and oxygen atoms in total. The summed E-state index contributed by atoms with van der Waals surface area (Å²) >= 11 is 0. The molecule has 0 saturated heterocycles. The summed E-state index contributed by atoms with van der Waals surface area (Å²) in [5.74, 6) is -0.272. The van der Waals surface area contributed by atoms with Gasteiger partial charge in [0.15, 0.2) is 5.78 Å². The summed E-state index contributed by atoms with van der Waals surface area (Å²) in [6, 6.07) is 8.44. The predicted molar refractivity (Wildman–Crippen MR) is 89.2 cm³/mol. The van der Waals surface area contributed by atoms with Gasteiger partial charge >= 0.3 is 0 Å². The van der Waals surface area contributed by atoms with E-state index in [1.807, 2.05) is 0 Å². The van der Waals surface area contributed by atoms with E-state index in [1.165, 1.54) is 30.3 Å². The second-order valence-corrected chi connectivity index (χ2v) is 6.38. The molecule has 0 aliphatic heterocycles. The van der Waals surface area contributed by atoms with E-state index in [-0.39, 0.29) is 17.2 Å². The molecule has 1 aliphatic rings. The summed E-state index contributed by atoms with van der Waals surface area (Å²) in [5.41, 5.74) is 3.25. The highest BCUT2D eigenvalue weighted by atomic mass is 19.1. The minimum atomic E-state index is -0.384. The highest BCUT2D eigenvalue weighted by Gasteiger charge is 2.24. The number of nitrogens with one attached hydrogen (secondary N) is 1. The smallest absolute Gasteiger partial charge is 0.256 e. The van der Waals surface area contributed by atoms with Crippen LogP contribution in [0.4, 0.5) is 4.39 Å². The van der Waals surface area contributed by atoms with Gasteiger partial charge in [-0.05, 0) is 55.5 Å². The van der Waals surface area contributed by atoms with Gasteiger partial charge in [0.05, 0.1) is 5.56 Å². The van der Waals surface area contributed by atoms with Crippen molar-refractivity contribution in [1.82, 2.24) is 9.38 Å². The molecule has 0 amide bonds. The number of pyridine rings is 1. The number of rotatable bonds is 2. The van der Waals surface area contributed by atoms with Gasteiger partial charge in [-0.25, -0.2) is 4.39 Å². The van der Waals surface area contributed by atoms with Crippen LogP contribution in [0.2, 0.25) is 0 Å². The number of nitrogens with zero attached hydrogens (tertiary/aromatic N) is 1. The third-order valence-electron chi connectivity index (χ3n) is 4.82. The zero-order valence-electron chi connectivity index (χ0n) is 13.3. The monoisotopic (exact) mass is 324 g/mol. The topological polar surface area (TPSA) is 54.3 Å². The Morgan fingerprint density at radius 2 is 1.96 bits per heavy atom. The highest BCUT2D eigenvalue weighted by Crippen LogP contribution is 2.31. The van der Waals surface area contributed by atoms with Gasteiger partial charge in [-0.1, -0.05) is 6.92 Å². The zero-order chi connectivity index (χ0) is 16.8. The van der Waals surface area contributed by atoms with Crippen LogP contribution >= 0.6 is 0 Å². The van der Waals surface area contributed by atoms with Crippen LogP contribution in [0.25, 0.3) is 5.65 Å². The number of aryl methyl sites for hydroxylation is 1. The Balaban J connectivity index is 1.94. The molecule has 0 bridgehead atoms. The van der Waals surface area contributed by atoms with Crippen molar-refractivity contribution >= 4 is 11.4 Å². The van der Waals surface area contributed by atoms with Gasteiger partial charge < -0.3 is 4.98 Å². The largest absolute Gasteiger partial charge is 0.342 e. The van der Waals surface area contributed by atoms with Gasteiger partial charge in [-0.2, -0.15) is 0 Å². The molecule has 122 valence electrons. The van der Waals surface area contributed by atoms with Crippen LogP contribution in [-0.2, 0) is 6.42 Å². The number of ketones is 1. The van der Waals surface area contributed by atoms with E-state index in [0.717, 1.165) is 30.7 Å². The van der Waals surface area contributed by atoms with E-state index in [2.05, 4.69) is 11.9 Å². The maximum absolute atomic E-state index is 13.1. The number of aromatic amines is 1. The molecule has 1 N–H and O–H groups in total. The second kappa shape index (κ2) is 5.44. The molecule has 1 unspecified atom stereocenters. The fourth-order valence-electron chi connectivity index (χ4n) is 3.56. The quantitative estimate of drug-likeness (QED) is 0.734. The summed E-state index contributed by atoms with van der Waals surface area (Å²) < 4.78 is 14.7. The number of fused-ring (bicyclic) bond motifs is 3. The molecule has 2 aromatic heterocycles. The molecule has 0 spiro atoms. The molecule has 4 rings (SSSR count). The number of benzene rings is 1. The van der Waals surface area contributed by atoms with Gasteiger partial charge in [0.1, 0.15) is 11.5 Å². The summed E-state index contributed by atoms with van der Waals surface area (Å²) in [4.78, 5) is 28.5. The first-order valence-electron chi connectivity index (χ1n) is 8.13. The van der Waals surface area contributed by atoms with Gasteiger partial charge in [-0.3, -0.25) is 14.0 Å². The summed E-state index contributed by atoms with van der Waals surface area (Å²) in [7, 11) is 0. The molecule has 3 aromatic rings. The molecule has 0 radical (unpaired) electrons. The van der Waals surface area contributed by atoms with Gasteiger partial charge in [0.25, 0.3) is 5.56 Å². The number of halogens is 1. The Bertz CT molecular complexity index is 999. The third-order valence-corrected chi connectivity index (χ3v) is 4.82. The normalized spacial score (nSPS) is 17.0. The Morgan fingerprint density at radius 1 is 1.21 bits per heavy atom. The number of hydrogen-bond acceptors (Lipinski definition) is 2. The predicted octanol–water partition coefficient (Wildman–Crippen LogP) is 3.44. The zero-order valence-corrected chi connectivity index (χ0v) is 13.3. The molecule has 0 saturated carbocycles. The minimum absolute atomic E-state index is 0.132. The molecular weight excluding hydrogens is 307 g/mol. The molecule has 2 heterocycles. The average Bonchev–Trinajstić information content (AvgIpc) is 2.97. The second-order valence-electron chi connectivity index (χ2n) is 6.38. The van der Waals surface area contributed by atoms with Gasteiger partial charge in [-0.15, -0.1) is 0 Å². The maximum Gasteiger partial charge on any atom is 0.256 e. The Morgan fingerprint density at radius 3 is 2.71 bits per heavy atom. The van der Waals surface area contributed by atoms with Crippen molar-refractivity contribution in [1.29, 1.82) is 0 Å². The Labute approximate surface area is 137 Å². The molecular formula is C19H17FN2O2. The lowest BCUT2D eigenvalue weighted by atomic mass is 9.91. The van der Waals surface area contributed by atoms with Gasteiger partial charge in [0, 0.05) is 23.0 Å². The summed E-state index contributed by atoms with van der Waals surface area (Å²) in [5, 5.41) is 0. The van der Waals surface area contributed by atoms with Crippen LogP contribution in [0.3, 0.4) is 0 Å². The SMILES string of the molecule is CC1CCCc2c1[nH]c1c(C(=O)c3ccc(F)cc3)ccc(=O)n21. The number of imidazole rings is 1.